The number of hydrogen-bond acceptors (Lipinski definition) is 4. The molecule has 0 spiro atoms. The third-order valence-corrected chi connectivity index (χ3v) is 4.24. The lowest BCUT2D eigenvalue weighted by molar-refractivity contribution is 0.0691. The Morgan fingerprint density at radius 1 is 1.30 bits per heavy atom. The van der Waals surface area contributed by atoms with E-state index in [2.05, 4.69) is 16.8 Å². The first-order chi connectivity index (χ1) is 9.66. The minimum Gasteiger partial charge on any atom is -0.489 e. The number of ether oxygens (including phenoxy) is 1. The summed E-state index contributed by atoms with van der Waals surface area (Å²) in [7, 11) is 2.14. The van der Waals surface area contributed by atoms with Gasteiger partial charge in [0.25, 0.3) is 0 Å². The van der Waals surface area contributed by atoms with Crippen LogP contribution in [-0.2, 0) is 0 Å². The largest absolute Gasteiger partial charge is 0.489 e. The average Bonchev–Trinajstić information content (AvgIpc) is 2.47. The van der Waals surface area contributed by atoms with E-state index in [9.17, 15) is 9.90 Å². The molecule has 0 aliphatic carbocycles. The molecule has 1 aromatic carbocycles. The lowest BCUT2D eigenvalue weighted by Gasteiger charge is -2.41. The lowest BCUT2D eigenvalue weighted by atomic mass is 10.0. The predicted molar refractivity (Wildman–Crippen MR) is 76.8 cm³/mol. The normalized spacial score (nSPS) is 20.4. The van der Waals surface area contributed by atoms with Crippen molar-refractivity contribution >= 4 is 11.7 Å². The van der Waals surface area contributed by atoms with Gasteiger partial charge >= 0.3 is 5.97 Å². The molecule has 0 amide bonds. The number of hydrogen-bond donors (Lipinski definition) is 1. The molecule has 2 aliphatic heterocycles. The van der Waals surface area contributed by atoms with E-state index in [0.717, 1.165) is 38.2 Å². The Bertz CT molecular complexity index is 510. The number of carbonyl (C=O) groups is 1. The van der Waals surface area contributed by atoms with Crippen molar-refractivity contribution in [2.75, 3.05) is 38.2 Å². The average molecular weight is 276 g/mol. The van der Waals surface area contributed by atoms with Gasteiger partial charge in [-0.2, -0.15) is 0 Å². The van der Waals surface area contributed by atoms with E-state index in [1.165, 1.54) is 0 Å². The van der Waals surface area contributed by atoms with Crippen LogP contribution in [0.5, 0.6) is 5.75 Å². The molecular formula is C15H20N2O3. The number of nitrogens with zero attached hydrogens (tertiary/aromatic N) is 2. The molecule has 0 unspecified atom stereocenters. The SMILES string of the molecule is CN1CCC(N2CCOc3c(C(=O)O)cccc32)CC1. The van der Waals surface area contributed by atoms with Crippen molar-refractivity contribution in [3.63, 3.8) is 0 Å². The highest BCUT2D eigenvalue weighted by molar-refractivity contribution is 5.93. The molecule has 2 aliphatic rings. The van der Waals surface area contributed by atoms with Crippen molar-refractivity contribution in [2.24, 2.45) is 0 Å². The molecule has 0 atom stereocenters. The first kappa shape index (κ1) is 13.2. The number of carboxylic acids is 1. The molecule has 5 nitrogen and oxygen atoms in total. The third-order valence-electron chi connectivity index (χ3n) is 4.24. The van der Waals surface area contributed by atoms with Crippen LogP contribution in [0.3, 0.4) is 0 Å². The van der Waals surface area contributed by atoms with Gasteiger partial charge in [0.1, 0.15) is 12.2 Å². The van der Waals surface area contributed by atoms with Gasteiger partial charge in [0, 0.05) is 6.04 Å². The van der Waals surface area contributed by atoms with Crippen LogP contribution in [0, 0.1) is 0 Å². The van der Waals surface area contributed by atoms with Crippen molar-refractivity contribution in [1.82, 2.24) is 4.90 Å². The highest BCUT2D eigenvalue weighted by atomic mass is 16.5. The molecule has 0 bridgehead atoms. The number of benzene rings is 1. The predicted octanol–water partition coefficient (Wildman–Crippen LogP) is 1.68. The Morgan fingerprint density at radius 3 is 2.75 bits per heavy atom. The van der Waals surface area contributed by atoms with Gasteiger partial charge in [0.2, 0.25) is 0 Å². The number of aromatic carboxylic acids is 1. The zero-order chi connectivity index (χ0) is 14.1. The monoisotopic (exact) mass is 276 g/mol. The minimum absolute atomic E-state index is 0.264. The molecule has 2 heterocycles. The Hall–Kier alpha value is -1.75. The molecule has 1 aromatic rings. The fourth-order valence-electron chi connectivity index (χ4n) is 3.12. The fraction of sp³-hybridized carbons (Fsp3) is 0.533. The summed E-state index contributed by atoms with van der Waals surface area (Å²) in [5.74, 6) is -0.391. The van der Waals surface area contributed by atoms with Crippen LogP contribution in [0.4, 0.5) is 5.69 Å². The highest BCUT2D eigenvalue weighted by Crippen LogP contribution is 2.37. The molecule has 0 saturated carbocycles. The molecule has 20 heavy (non-hydrogen) atoms. The van der Waals surface area contributed by atoms with Gasteiger partial charge in [-0.05, 0) is 45.1 Å². The van der Waals surface area contributed by atoms with Gasteiger partial charge in [0.15, 0.2) is 5.75 Å². The maximum absolute atomic E-state index is 11.3. The van der Waals surface area contributed by atoms with E-state index in [0.29, 0.717) is 18.4 Å². The number of likely N-dealkylation sites (tertiary alicyclic amines) is 1. The summed E-state index contributed by atoms with van der Waals surface area (Å²) in [5, 5.41) is 9.27. The summed E-state index contributed by atoms with van der Waals surface area (Å²) in [6.45, 7) is 3.58. The quantitative estimate of drug-likeness (QED) is 0.890. The number of para-hydroxylation sites is 1. The Morgan fingerprint density at radius 2 is 2.05 bits per heavy atom. The second kappa shape index (κ2) is 5.32. The van der Waals surface area contributed by atoms with Crippen LogP contribution < -0.4 is 9.64 Å². The lowest BCUT2D eigenvalue weighted by Crippen LogP contribution is -2.47. The van der Waals surface area contributed by atoms with Crippen molar-refractivity contribution in [3.8, 4) is 5.75 Å². The van der Waals surface area contributed by atoms with Gasteiger partial charge in [-0.25, -0.2) is 4.79 Å². The van der Waals surface area contributed by atoms with Gasteiger partial charge in [-0.3, -0.25) is 0 Å². The van der Waals surface area contributed by atoms with E-state index in [4.69, 9.17) is 4.74 Å². The summed E-state index contributed by atoms with van der Waals surface area (Å²) in [5.41, 5.74) is 1.20. The van der Waals surface area contributed by atoms with E-state index >= 15 is 0 Å². The molecule has 0 aromatic heterocycles. The number of rotatable bonds is 2. The first-order valence-electron chi connectivity index (χ1n) is 7.11. The smallest absolute Gasteiger partial charge is 0.339 e. The van der Waals surface area contributed by atoms with Gasteiger partial charge in [0.05, 0.1) is 12.2 Å². The van der Waals surface area contributed by atoms with Gasteiger partial charge in [-0.15, -0.1) is 0 Å². The van der Waals surface area contributed by atoms with Crippen LogP contribution in [0.2, 0.25) is 0 Å². The highest BCUT2D eigenvalue weighted by Gasteiger charge is 2.29. The number of anilines is 1. The molecule has 1 saturated heterocycles. The van der Waals surface area contributed by atoms with Crippen molar-refractivity contribution in [1.29, 1.82) is 0 Å². The van der Waals surface area contributed by atoms with E-state index in [1.807, 2.05) is 6.07 Å². The summed E-state index contributed by atoms with van der Waals surface area (Å²) >= 11 is 0. The Kier molecular flexibility index (Phi) is 3.53. The summed E-state index contributed by atoms with van der Waals surface area (Å²) in [6.07, 6.45) is 2.24. The summed E-state index contributed by atoms with van der Waals surface area (Å²) < 4.78 is 5.63. The van der Waals surface area contributed by atoms with Crippen molar-refractivity contribution in [2.45, 2.75) is 18.9 Å². The topological polar surface area (TPSA) is 53.0 Å². The minimum atomic E-state index is -0.924. The fourth-order valence-corrected chi connectivity index (χ4v) is 3.12. The van der Waals surface area contributed by atoms with Gasteiger partial charge < -0.3 is 19.6 Å². The molecule has 1 N–H and O–H groups in total. The number of piperidine rings is 1. The molecule has 1 fully saturated rings. The van der Waals surface area contributed by atoms with Crippen LogP contribution in [-0.4, -0.2) is 55.3 Å². The molecule has 108 valence electrons. The zero-order valence-corrected chi connectivity index (χ0v) is 11.7. The zero-order valence-electron chi connectivity index (χ0n) is 11.7. The molecule has 5 heteroatoms. The van der Waals surface area contributed by atoms with Crippen molar-refractivity contribution in [3.05, 3.63) is 23.8 Å². The molecular weight excluding hydrogens is 256 g/mol. The number of carboxylic acid groups (broad SMARTS) is 1. The summed E-state index contributed by atoms with van der Waals surface area (Å²) in [4.78, 5) is 16.0. The summed E-state index contributed by atoms with van der Waals surface area (Å²) in [6, 6.07) is 5.87. The van der Waals surface area contributed by atoms with E-state index in [-0.39, 0.29) is 5.56 Å². The maximum atomic E-state index is 11.3. The van der Waals surface area contributed by atoms with Crippen LogP contribution in [0.1, 0.15) is 23.2 Å². The molecule has 3 rings (SSSR count). The van der Waals surface area contributed by atoms with Gasteiger partial charge in [-0.1, -0.05) is 6.07 Å². The second-order valence-corrected chi connectivity index (χ2v) is 5.54. The maximum Gasteiger partial charge on any atom is 0.339 e. The molecule has 0 radical (unpaired) electrons. The van der Waals surface area contributed by atoms with Crippen LogP contribution in [0.15, 0.2) is 18.2 Å². The standard InChI is InChI=1S/C15H20N2O3/c1-16-7-5-11(6-8-16)17-9-10-20-14-12(15(18)19)3-2-4-13(14)17/h2-4,11H,5-10H2,1H3,(H,18,19). The van der Waals surface area contributed by atoms with Crippen LogP contribution in [0.25, 0.3) is 0 Å². The second-order valence-electron chi connectivity index (χ2n) is 5.54. The van der Waals surface area contributed by atoms with Crippen LogP contribution >= 0.6 is 0 Å². The number of fused-ring (bicyclic) bond motifs is 1. The van der Waals surface area contributed by atoms with E-state index < -0.39 is 5.97 Å². The third kappa shape index (κ3) is 2.33. The Balaban J connectivity index is 1.90. The van der Waals surface area contributed by atoms with E-state index in [1.54, 1.807) is 12.1 Å². The Labute approximate surface area is 118 Å². The first-order valence-corrected chi connectivity index (χ1v) is 7.11. The van der Waals surface area contributed by atoms with Crippen molar-refractivity contribution < 1.29 is 14.6 Å².